The highest BCUT2D eigenvalue weighted by molar-refractivity contribution is 6.32. The average molecular weight is 337 g/mol. The highest BCUT2D eigenvalue weighted by Gasteiger charge is 2.32. The van der Waals surface area contributed by atoms with Crippen molar-refractivity contribution in [2.24, 2.45) is 0 Å². The van der Waals surface area contributed by atoms with Gasteiger partial charge in [0.05, 0.1) is 7.11 Å². The molecule has 0 aliphatic rings. The summed E-state index contributed by atoms with van der Waals surface area (Å²) in [6.07, 6.45) is -3.76. The Morgan fingerprint density at radius 3 is 2.39 bits per heavy atom. The summed E-state index contributed by atoms with van der Waals surface area (Å²) in [7, 11) is 1.43. The van der Waals surface area contributed by atoms with Crippen LogP contribution in [0.25, 0.3) is 6.08 Å². The topological polar surface area (TPSA) is 9.23 Å². The Balaban J connectivity index is 2.46. The van der Waals surface area contributed by atoms with Gasteiger partial charge in [0.25, 0.3) is 0 Å². The summed E-state index contributed by atoms with van der Waals surface area (Å²) in [6, 6.07) is 13.8. The molecule has 0 amide bonds. The number of rotatable bonds is 2. The van der Waals surface area contributed by atoms with Crippen molar-refractivity contribution >= 4 is 17.7 Å². The molecule has 1 nitrogen and oxygen atoms in total. The average Bonchev–Trinajstić information content (AvgIpc) is 2.53. The standard InChI is InChI=1S/C18H12ClF3O/c1-23-16-10-9-14(8-7-13-5-3-2-4-6-13)15(11-16)12-17(19)18(20,21)22/h2-6,9-12H,1H3/b17-12-. The molecule has 0 saturated heterocycles. The lowest BCUT2D eigenvalue weighted by Crippen LogP contribution is -2.06. The summed E-state index contributed by atoms with van der Waals surface area (Å²) in [4.78, 5) is 0. The van der Waals surface area contributed by atoms with Gasteiger partial charge in [-0.1, -0.05) is 41.6 Å². The SMILES string of the molecule is COc1ccc(C#Cc2ccccc2)c(/C=C(\Cl)C(F)(F)F)c1. The fourth-order valence-electron chi connectivity index (χ4n) is 1.78. The third-order valence-electron chi connectivity index (χ3n) is 2.93. The molecule has 0 saturated carbocycles. The van der Waals surface area contributed by atoms with Gasteiger partial charge in [0.1, 0.15) is 10.8 Å². The summed E-state index contributed by atoms with van der Waals surface area (Å²) in [5, 5.41) is -1.21. The van der Waals surface area contributed by atoms with Crippen molar-refractivity contribution in [2.45, 2.75) is 6.18 Å². The van der Waals surface area contributed by atoms with Crippen LogP contribution in [0.5, 0.6) is 5.75 Å². The van der Waals surface area contributed by atoms with E-state index in [-0.39, 0.29) is 5.56 Å². The zero-order valence-corrected chi connectivity index (χ0v) is 12.9. The van der Waals surface area contributed by atoms with Crippen LogP contribution in [-0.2, 0) is 0 Å². The molecule has 2 aromatic rings. The van der Waals surface area contributed by atoms with Gasteiger partial charge in [0.15, 0.2) is 0 Å². The van der Waals surface area contributed by atoms with E-state index < -0.39 is 11.2 Å². The zero-order chi connectivity index (χ0) is 16.9. The van der Waals surface area contributed by atoms with Crippen molar-refractivity contribution in [3.63, 3.8) is 0 Å². The number of allylic oxidation sites excluding steroid dienone is 1. The second-order valence-corrected chi connectivity index (χ2v) is 4.97. The minimum Gasteiger partial charge on any atom is -0.497 e. The number of ether oxygens (including phenoxy) is 1. The van der Waals surface area contributed by atoms with Crippen LogP contribution in [0.1, 0.15) is 16.7 Å². The van der Waals surface area contributed by atoms with E-state index in [9.17, 15) is 13.2 Å². The molecule has 0 atom stereocenters. The van der Waals surface area contributed by atoms with E-state index >= 15 is 0 Å². The Hall–Kier alpha value is -2.38. The second-order valence-electron chi connectivity index (χ2n) is 4.56. The Kier molecular flexibility index (Phi) is 5.36. The van der Waals surface area contributed by atoms with Crippen LogP contribution in [-0.4, -0.2) is 13.3 Å². The van der Waals surface area contributed by atoms with Crippen LogP contribution in [0.4, 0.5) is 13.2 Å². The highest BCUT2D eigenvalue weighted by atomic mass is 35.5. The molecular weight excluding hydrogens is 325 g/mol. The van der Waals surface area contributed by atoms with Gasteiger partial charge in [-0.3, -0.25) is 0 Å². The molecule has 0 aliphatic carbocycles. The van der Waals surface area contributed by atoms with Gasteiger partial charge < -0.3 is 4.74 Å². The van der Waals surface area contributed by atoms with E-state index in [0.717, 1.165) is 11.6 Å². The molecular formula is C18H12ClF3O. The van der Waals surface area contributed by atoms with E-state index in [1.54, 1.807) is 12.1 Å². The molecule has 0 bridgehead atoms. The van der Waals surface area contributed by atoms with Crippen LogP contribution >= 0.6 is 11.6 Å². The van der Waals surface area contributed by atoms with Gasteiger partial charge in [0.2, 0.25) is 0 Å². The largest absolute Gasteiger partial charge is 0.497 e. The Morgan fingerprint density at radius 2 is 1.78 bits per heavy atom. The van der Waals surface area contributed by atoms with Gasteiger partial charge in [-0.2, -0.15) is 13.2 Å². The molecule has 23 heavy (non-hydrogen) atoms. The maximum Gasteiger partial charge on any atom is 0.426 e. The number of hydrogen-bond acceptors (Lipinski definition) is 1. The van der Waals surface area contributed by atoms with E-state index in [0.29, 0.717) is 11.3 Å². The lowest BCUT2D eigenvalue weighted by Gasteiger charge is -2.07. The lowest BCUT2D eigenvalue weighted by molar-refractivity contribution is -0.0836. The second kappa shape index (κ2) is 7.26. The number of benzene rings is 2. The first-order valence-corrected chi connectivity index (χ1v) is 6.97. The Bertz CT molecular complexity index is 768. The first kappa shape index (κ1) is 17.0. The van der Waals surface area contributed by atoms with E-state index in [2.05, 4.69) is 11.8 Å². The van der Waals surface area contributed by atoms with Crippen LogP contribution in [0.3, 0.4) is 0 Å². The van der Waals surface area contributed by atoms with E-state index in [4.69, 9.17) is 16.3 Å². The molecule has 5 heteroatoms. The fourth-order valence-corrected chi connectivity index (χ4v) is 1.90. The minimum absolute atomic E-state index is 0.245. The van der Waals surface area contributed by atoms with Crippen LogP contribution in [0.2, 0.25) is 0 Å². The van der Waals surface area contributed by atoms with Gasteiger partial charge in [0, 0.05) is 11.1 Å². The van der Waals surface area contributed by atoms with Crippen LogP contribution < -0.4 is 4.74 Å². The van der Waals surface area contributed by atoms with E-state index in [1.807, 2.05) is 30.3 Å². The maximum absolute atomic E-state index is 12.6. The van der Waals surface area contributed by atoms with Gasteiger partial charge in [-0.05, 0) is 42.0 Å². The molecule has 2 aromatic carbocycles. The van der Waals surface area contributed by atoms with Gasteiger partial charge in [-0.25, -0.2) is 0 Å². The molecule has 0 aliphatic heterocycles. The maximum atomic E-state index is 12.6. The first-order valence-electron chi connectivity index (χ1n) is 6.59. The third-order valence-corrected chi connectivity index (χ3v) is 3.25. The molecule has 0 aromatic heterocycles. The molecule has 0 heterocycles. The summed E-state index contributed by atoms with van der Waals surface area (Å²) >= 11 is 5.32. The fraction of sp³-hybridized carbons (Fsp3) is 0.111. The number of alkyl halides is 3. The van der Waals surface area contributed by atoms with Crippen molar-refractivity contribution < 1.29 is 17.9 Å². The monoisotopic (exact) mass is 336 g/mol. The first-order chi connectivity index (χ1) is 10.9. The van der Waals surface area contributed by atoms with Gasteiger partial charge in [-0.15, -0.1) is 0 Å². The number of methoxy groups -OCH3 is 1. The summed E-state index contributed by atoms with van der Waals surface area (Å²) in [5.74, 6) is 6.19. The Labute approximate surface area is 137 Å². The molecule has 0 N–H and O–H groups in total. The van der Waals surface area contributed by atoms with Crippen LogP contribution in [0, 0.1) is 11.8 Å². The predicted molar refractivity (Wildman–Crippen MR) is 85.3 cm³/mol. The van der Waals surface area contributed by atoms with Gasteiger partial charge >= 0.3 is 6.18 Å². The minimum atomic E-state index is -4.60. The smallest absolute Gasteiger partial charge is 0.426 e. The Morgan fingerprint density at radius 1 is 1.09 bits per heavy atom. The van der Waals surface area contributed by atoms with Crippen molar-refractivity contribution in [1.82, 2.24) is 0 Å². The van der Waals surface area contributed by atoms with E-state index in [1.165, 1.54) is 13.2 Å². The normalized spacial score (nSPS) is 11.6. The zero-order valence-electron chi connectivity index (χ0n) is 12.1. The van der Waals surface area contributed by atoms with Crippen molar-refractivity contribution in [2.75, 3.05) is 7.11 Å². The lowest BCUT2D eigenvalue weighted by atomic mass is 10.1. The summed E-state index contributed by atoms with van der Waals surface area (Å²) < 4.78 is 42.9. The number of halogens is 4. The van der Waals surface area contributed by atoms with Crippen molar-refractivity contribution in [1.29, 1.82) is 0 Å². The molecule has 0 fully saturated rings. The summed E-state index contributed by atoms with van der Waals surface area (Å²) in [5.41, 5.74) is 1.44. The molecule has 118 valence electrons. The third kappa shape index (κ3) is 4.80. The number of hydrogen-bond donors (Lipinski definition) is 0. The molecule has 0 unspecified atom stereocenters. The summed E-state index contributed by atoms with van der Waals surface area (Å²) in [6.45, 7) is 0. The van der Waals surface area contributed by atoms with Crippen LogP contribution in [0.15, 0.2) is 53.6 Å². The quantitative estimate of drug-likeness (QED) is 0.682. The molecule has 2 rings (SSSR count). The highest BCUT2D eigenvalue weighted by Crippen LogP contribution is 2.31. The predicted octanol–water partition coefficient (Wildman–Crippen LogP) is 5.24. The van der Waals surface area contributed by atoms with Crippen molar-refractivity contribution in [3.8, 4) is 17.6 Å². The molecule has 0 radical (unpaired) electrons. The molecule has 0 spiro atoms. The van der Waals surface area contributed by atoms with Crippen molar-refractivity contribution in [3.05, 3.63) is 70.3 Å².